The Kier molecular flexibility index (Phi) is 4.83. The van der Waals surface area contributed by atoms with Crippen LogP contribution in [-0.4, -0.2) is 27.5 Å². The maximum atomic E-state index is 11.7. The highest BCUT2D eigenvalue weighted by Crippen LogP contribution is 2.09. The molecule has 0 unspecified atom stereocenters. The minimum Gasteiger partial charge on any atom is -0.449 e. The minimum absolute atomic E-state index is 0.0705. The van der Waals surface area contributed by atoms with E-state index in [1.165, 1.54) is 12.1 Å². The van der Waals surface area contributed by atoms with E-state index in [0.717, 1.165) is 5.56 Å². The molecule has 0 fully saturated rings. The van der Waals surface area contributed by atoms with E-state index in [1.807, 2.05) is 6.92 Å². The van der Waals surface area contributed by atoms with Crippen LogP contribution in [-0.2, 0) is 19.6 Å². The van der Waals surface area contributed by atoms with Crippen molar-refractivity contribution >= 4 is 16.0 Å². The number of ether oxygens (including phenoxy) is 1. The van der Waals surface area contributed by atoms with Crippen LogP contribution in [0.2, 0.25) is 0 Å². The number of rotatable bonds is 5. The topological polar surface area (TPSA) is 96.3 Å². The number of nitriles is 1. The fourth-order valence-corrected chi connectivity index (χ4v) is 2.09. The number of nitrogens with zero attached hydrogens (tertiary/aromatic N) is 1. The molecule has 1 rings (SSSR count). The van der Waals surface area contributed by atoms with Gasteiger partial charge in [-0.2, -0.15) is 9.98 Å². The Morgan fingerprint density at radius 1 is 1.39 bits per heavy atom. The van der Waals surface area contributed by atoms with Gasteiger partial charge in [0, 0.05) is 0 Å². The van der Waals surface area contributed by atoms with Crippen molar-refractivity contribution < 1.29 is 17.9 Å². The maximum Gasteiger partial charge on any atom is 0.322 e. The lowest BCUT2D eigenvalue weighted by molar-refractivity contribution is -0.140. The van der Waals surface area contributed by atoms with Crippen LogP contribution in [0.15, 0.2) is 29.2 Å². The molecule has 96 valence electrons. The Balaban J connectivity index is 2.63. The van der Waals surface area contributed by atoms with E-state index in [1.54, 1.807) is 18.2 Å². The monoisotopic (exact) mass is 268 g/mol. The van der Waals surface area contributed by atoms with Gasteiger partial charge in [0.1, 0.15) is 12.6 Å². The Hall–Kier alpha value is -1.91. The summed E-state index contributed by atoms with van der Waals surface area (Å²) < 4.78 is 30.0. The van der Waals surface area contributed by atoms with Gasteiger partial charge in [-0.05, 0) is 19.1 Å². The Morgan fingerprint density at radius 2 is 2.00 bits per heavy atom. The third kappa shape index (κ3) is 4.16. The van der Waals surface area contributed by atoms with Crippen molar-refractivity contribution in [3.63, 3.8) is 0 Å². The Bertz CT molecular complexity index is 558. The molecule has 0 aromatic heterocycles. The number of hydrogen-bond acceptors (Lipinski definition) is 5. The summed E-state index contributed by atoms with van der Waals surface area (Å²) >= 11 is 0. The van der Waals surface area contributed by atoms with E-state index < -0.39 is 29.1 Å². The van der Waals surface area contributed by atoms with Gasteiger partial charge in [-0.1, -0.05) is 17.7 Å². The van der Waals surface area contributed by atoms with Crippen molar-refractivity contribution in [1.82, 2.24) is 4.72 Å². The lowest BCUT2D eigenvalue weighted by atomic mass is 10.2. The second kappa shape index (κ2) is 6.14. The van der Waals surface area contributed by atoms with Crippen molar-refractivity contribution in [1.29, 1.82) is 5.26 Å². The maximum absolute atomic E-state index is 11.7. The van der Waals surface area contributed by atoms with Crippen molar-refractivity contribution in [2.75, 3.05) is 13.2 Å². The summed E-state index contributed by atoms with van der Waals surface area (Å²) in [6, 6.07) is 7.81. The zero-order valence-electron chi connectivity index (χ0n) is 9.71. The second-order valence-corrected chi connectivity index (χ2v) is 5.22. The average Bonchev–Trinajstić information content (AvgIpc) is 2.34. The number of nitrogens with one attached hydrogen (secondary N) is 1. The largest absolute Gasteiger partial charge is 0.449 e. The number of carbonyl (C=O) groups excluding carboxylic acids is 1. The van der Waals surface area contributed by atoms with E-state index in [2.05, 4.69) is 9.46 Å². The van der Waals surface area contributed by atoms with Gasteiger partial charge in [0.15, 0.2) is 6.61 Å². The SMILES string of the molecule is Cc1ccc(S(=O)(=O)NCC(=O)OCC#N)cc1. The number of esters is 1. The third-order valence-electron chi connectivity index (χ3n) is 2.04. The van der Waals surface area contributed by atoms with Crippen LogP contribution < -0.4 is 4.72 Å². The highest BCUT2D eigenvalue weighted by atomic mass is 32.2. The van der Waals surface area contributed by atoms with Gasteiger partial charge in [0.05, 0.1) is 4.90 Å². The standard InChI is InChI=1S/C11H12N2O4S/c1-9-2-4-10(5-3-9)18(15,16)13-8-11(14)17-7-6-12/h2-5,13H,7-8H2,1H3. The molecule has 0 aliphatic rings. The van der Waals surface area contributed by atoms with Crippen LogP contribution in [0.3, 0.4) is 0 Å². The predicted molar refractivity (Wildman–Crippen MR) is 62.9 cm³/mol. The summed E-state index contributed by atoms with van der Waals surface area (Å²) in [5.41, 5.74) is 0.933. The molecule has 0 aliphatic heterocycles. The smallest absolute Gasteiger partial charge is 0.322 e. The third-order valence-corrected chi connectivity index (χ3v) is 3.45. The van der Waals surface area contributed by atoms with E-state index in [-0.39, 0.29) is 4.90 Å². The van der Waals surface area contributed by atoms with Gasteiger partial charge in [-0.15, -0.1) is 0 Å². The molecule has 7 heteroatoms. The normalized spacial score (nSPS) is 10.7. The quantitative estimate of drug-likeness (QED) is 0.777. The molecule has 18 heavy (non-hydrogen) atoms. The highest BCUT2D eigenvalue weighted by molar-refractivity contribution is 7.89. The zero-order valence-corrected chi connectivity index (χ0v) is 10.5. The van der Waals surface area contributed by atoms with E-state index in [0.29, 0.717) is 0 Å². The molecule has 1 N–H and O–H groups in total. The molecule has 1 aromatic carbocycles. The summed E-state index contributed by atoms with van der Waals surface area (Å²) in [6.07, 6.45) is 0. The molecular weight excluding hydrogens is 256 g/mol. The zero-order chi connectivity index (χ0) is 13.6. The first kappa shape index (κ1) is 14.2. The molecule has 0 spiro atoms. The number of carbonyl (C=O) groups is 1. The summed E-state index contributed by atoms with van der Waals surface area (Å²) in [5, 5.41) is 8.18. The van der Waals surface area contributed by atoms with Crippen LogP contribution >= 0.6 is 0 Å². The number of sulfonamides is 1. The first-order valence-corrected chi connectivity index (χ1v) is 6.53. The summed E-state index contributed by atoms with van der Waals surface area (Å²) in [7, 11) is -3.73. The average molecular weight is 268 g/mol. The van der Waals surface area contributed by atoms with Gasteiger partial charge >= 0.3 is 5.97 Å². The molecular formula is C11H12N2O4S. The highest BCUT2D eigenvalue weighted by Gasteiger charge is 2.15. The van der Waals surface area contributed by atoms with Crippen molar-refractivity contribution in [2.45, 2.75) is 11.8 Å². The Morgan fingerprint density at radius 3 is 2.56 bits per heavy atom. The first-order valence-electron chi connectivity index (χ1n) is 5.04. The fourth-order valence-electron chi connectivity index (χ4n) is 1.12. The lowest BCUT2D eigenvalue weighted by Gasteiger charge is -2.06. The number of aryl methyl sites for hydroxylation is 1. The van der Waals surface area contributed by atoms with Crippen LogP contribution in [0.4, 0.5) is 0 Å². The first-order chi connectivity index (χ1) is 8.45. The van der Waals surface area contributed by atoms with Crippen LogP contribution in [0.1, 0.15) is 5.56 Å². The lowest BCUT2D eigenvalue weighted by Crippen LogP contribution is -2.30. The number of benzene rings is 1. The van der Waals surface area contributed by atoms with Crippen molar-refractivity contribution in [3.05, 3.63) is 29.8 Å². The van der Waals surface area contributed by atoms with Gasteiger partial charge in [0.25, 0.3) is 0 Å². The van der Waals surface area contributed by atoms with E-state index >= 15 is 0 Å². The summed E-state index contributed by atoms with van der Waals surface area (Å²) in [5.74, 6) is -0.799. The minimum atomic E-state index is -3.73. The van der Waals surface area contributed by atoms with Gasteiger partial charge < -0.3 is 4.74 Å². The van der Waals surface area contributed by atoms with E-state index in [4.69, 9.17) is 5.26 Å². The molecule has 0 saturated carbocycles. The molecule has 0 heterocycles. The number of hydrogen-bond donors (Lipinski definition) is 1. The van der Waals surface area contributed by atoms with Gasteiger partial charge in [0.2, 0.25) is 10.0 Å². The molecule has 0 saturated heterocycles. The van der Waals surface area contributed by atoms with Gasteiger partial charge in [-0.25, -0.2) is 8.42 Å². The second-order valence-electron chi connectivity index (χ2n) is 3.46. The van der Waals surface area contributed by atoms with Gasteiger partial charge in [-0.3, -0.25) is 4.79 Å². The van der Waals surface area contributed by atoms with Crippen LogP contribution in [0.25, 0.3) is 0 Å². The Labute approximate surface area is 105 Å². The fraction of sp³-hybridized carbons (Fsp3) is 0.273. The molecule has 0 bridgehead atoms. The summed E-state index contributed by atoms with van der Waals surface area (Å²) in [6.45, 7) is 0.937. The molecule has 0 amide bonds. The van der Waals surface area contributed by atoms with Crippen LogP contribution in [0.5, 0.6) is 0 Å². The molecule has 0 radical (unpaired) electrons. The van der Waals surface area contributed by atoms with E-state index in [9.17, 15) is 13.2 Å². The van der Waals surface area contributed by atoms with Crippen molar-refractivity contribution in [3.8, 4) is 6.07 Å². The summed E-state index contributed by atoms with van der Waals surface area (Å²) in [4.78, 5) is 11.1. The molecule has 0 aliphatic carbocycles. The molecule has 1 aromatic rings. The predicted octanol–water partition coefficient (Wildman–Crippen LogP) is 0.340. The molecule has 0 atom stereocenters. The molecule has 6 nitrogen and oxygen atoms in total. The van der Waals surface area contributed by atoms with Crippen LogP contribution in [0, 0.1) is 18.3 Å². The van der Waals surface area contributed by atoms with Crippen molar-refractivity contribution in [2.24, 2.45) is 0 Å².